The van der Waals surface area contributed by atoms with Gasteiger partial charge in [-0.2, -0.15) is 9.78 Å². The predicted molar refractivity (Wildman–Crippen MR) is 114 cm³/mol. The number of rotatable bonds is 6. The zero-order valence-electron chi connectivity index (χ0n) is 16.6. The van der Waals surface area contributed by atoms with Crippen molar-refractivity contribution in [3.8, 4) is 5.69 Å². The van der Waals surface area contributed by atoms with Crippen molar-refractivity contribution < 1.29 is 9.53 Å². The Balaban J connectivity index is 1.94. The first-order valence-corrected chi connectivity index (χ1v) is 9.58. The average molecular weight is 412 g/mol. The molecule has 3 aromatic rings. The highest BCUT2D eigenvalue weighted by Crippen LogP contribution is 2.23. The number of anilines is 1. The van der Waals surface area contributed by atoms with Crippen LogP contribution in [-0.4, -0.2) is 29.9 Å². The number of hydrogen-bond acceptors (Lipinski definition) is 5. The fraction of sp³-hybridized carbons (Fsp3) is 0.227. The minimum atomic E-state index is -0.554. The topological polar surface area (TPSA) is 64.4 Å². The molecule has 0 amide bonds. The number of aromatic nitrogens is 2. The molecule has 1 aromatic heterocycles. The highest BCUT2D eigenvalue weighted by atomic mass is 35.5. The molecule has 0 aliphatic heterocycles. The van der Waals surface area contributed by atoms with E-state index in [1.165, 1.54) is 18.9 Å². The van der Waals surface area contributed by atoms with Gasteiger partial charge in [-0.25, -0.2) is 4.79 Å². The number of nitrogens with zero attached hydrogens (tertiary/aromatic N) is 3. The van der Waals surface area contributed by atoms with Gasteiger partial charge in [0.2, 0.25) is 0 Å². The van der Waals surface area contributed by atoms with Gasteiger partial charge in [-0.3, -0.25) is 4.79 Å². The molecule has 0 N–H and O–H groups in total. The summed E-state index contributed by atoms with van der Waals surface area (Å²) in [5.74, 6) is -0.554. The molecule has 29 heavy (non-hydrogen) atoms. The third-order valence-electron chi connectivity index (χ3n) is 4.70. The molecule has 0 bridgehead atoms. The minimum absolute atomic E-state index is 0.0346. The molecule has 0 saturated carbocycles. The molecular formula is C22H22ClN3O3. The Morgan fingerprint density at radius 2 is 1.79 bits per heavy atom. The van der Waals surface area contributed by atoms with Gasteiger partial charge in [0.1, 0.15) is 5.02 Å². The second kappa shape index (κ2) is 8.92. The first-order valence-electron chi connectivity index (χ1n) is 9.20. The average Bonchev–Trinajstić information content (AvgIpc) is 2.75. The lowest BCUT2D eigenvalue weighted by Crippen LogP contribution is -2.27. The first kappa shape index (κ1) is 20.6. The number of methoxy groups -OCH3 is 1. The van der Waals surface area contributed by atoms with E-state index >= 15 is 0 Å². The second-order valence-electron chi connectivity index (χ2n) is 6.60. The molecule has 6 nitrogen and oxygen atoms in total. The number of benzene rings is 2. The number of carbonyl (C=O) groups is 1. The van der Waals surface area contributed by atoms with Crippen molar-refractivity contribution in [2.24, 2.45) is 0 Å². The molecule has 0 spiro atoms. The Bertz CT molecular complexity index is 1080. The maximum absolute atomic E-state index is 12.9. The van der Waals surface area contributed by atoms with Crippen molar-refractivity contribution in [1.29, 1.82) is 0 Å². The molecule has 0 atom stereocenters. The third-order valence-corrected chi connectivity index (χ3v) is 5.06. The zero-order chi connectivity index (χ0) is 21.0. The van der Waals surface area contributed by atoms with E-state index < -0.39 is 11.5 Å². The van der Waals surface area contributed by atoms with E-state index in [0.29, 0.717) is 17.9 Å². The summed E-state index contributed by atoms with van der Waals surface area (Å²) in [6.07, 6.45) is 2.51. The van der Waals surface area contributed by atoms with Gasteiger partial charge >= 0.3 is 5.97 Å². The SMILES string of the molecule is CCc1ccc(CN(C)c2cnn(-c3ccccc3C(=O)OC)c(=O)c2Cl)cc1. The van der Waals surface area contributed by atoms with Crippen LogP contribution in [0.3, 0.4) is 0 Å². The molecule has 7 heteroatoms. The summed E-state index contributed by atoms with van der Waals surface area (Å²) >= 11 is 6.39. The lowest BCUT2D eigenvalue weighted by Gasteiger charge is -2.21. The first-order chi connectivity index (χ1) is 14.0. The van der Waals surface area contributed by atoms with E-state index in [-0.39, 0.29) is 10.6 Å². The summed E-state index contributed by atoms with van der Waals surface area (Å²) in [6.45, 7) is 2.69. The highest BCUT2D eigenvalue weighted by molar-refractivity contribution is 6.33. The van der Waals surface area contributed by atoms with Gasteiger partial charge in [0, 0.05) is 13.6 Å². The van der Waals surface area contributed by atoms with Crippen LogP contribution < -0.4 is 10.5 Å². The van der Waals surface area contributed by atoms with E-state index in [0.717, 1.165) is 16.7 Å². The Hall–Kier alpha value is -3.12. The predicted octanol–water partition coefficient (Wildman–Crippen LogP) is 3.87. The van der Waals surface area contributed by atoms with Gasteiger partial charge in [-0.15, -0.1) is 0 Å². The Morgan fingerprint density at radius 3 is 2.45 bits per heavy atom. The van der Waals surface area contributed by atoms with Gasteiger partial charge in [0.15, 0.2) is 0 Å². The molecular weight excluding hydrogens is 390 g/mol. The van der Waals surface area contributed by atoms with Crippen LogP contribution in [0.5, 0.6) is 0 Å². The van der Waals surface area contributed by atoms with E-state index in [9.17, 15) is 9.59 Å². The van der Waals surface area contributed by atoms with Gasteiger partial charge in [-0.1, -0.05) is 54.9 Å². The van der Waals surface area contributed by atoms with Crippen LogP contribution in [0.2, 0.25) is 5.02 Å². The summed E-state index contributed by atoms with van der Waals surface area (Å²) in [5.41, 5.74) is 2.93. The zero-order valence-corrected chi connectivity index (χ0v) is 17.3. The lowest BCUT2D eigenvalue weighted by molar-refractivity contribution is 0.0600. The van der Waals surface area contributed by atoms with Gasteiger partial charge in [0.05, 0.1) is 30.2 Å². The molecule has 0 saturated heterocycles. The third kappa shape index (κ3) is 4.32. The van der Waals surface area contributed by atoms with Gasteiger partial charge in [-0.05, 0) is 29.7 Å². The number of carbonyl (C=O) groups excluding carboxylic acids is 1. The standard InChI is InChI=1S/C22H22ClN3O3/c1-4-15-9-11-16(12-10-15)14-25(2)19-13-24-26(21(27)20(19)23)18-8-6-5-7-17(18)22(28)29-3/h5-13H,4,14H2,1-3H3. The molecule has 0 fully saturated rings. The summed E-state index contributed by atoms with van der Waals surface area (Å²) in [6, 6.07) is 14.9. The molecule has 0 unspecified atom stereocenters. The molecule has 0 radical (unpaired) electrons. The van der Waals surface area contributed by atoms with Crippen molar-refractivity contribution in [1.82, 2.24) is 9.78 Å². The number of halogens is 1. The van der Waals surface area contributed by atoms with Crippen molar-refractivity contribution in [2.75, 3.05) is 19.1 Å². The molecule has 0 aliphatic rings. The fourth-order valence-corrected chi connectivity index (χ4v) is 3.32. The normalized spacial score (nSPS) is 10.6. The van der Waals surface area contributed by atoms with Gasteiger partial charge in [0.25, 0.3) is 5.56 Å². The second-order valence-corrected chi connectivity index (χ2v) is 6.97. The van der Waals surface area contributed by atoms with E-state index in [1.54, 1.807) is 24.3 Å². The lowest BCUT2D eigenvalue weighted by atomic mass is 10.1. The Labute approximate surface area is 174 Å². The van der Waals surface area contributed by atoms with Gasteiger partial charge < -0.3 is 9.64 Å². The summed E-state index contributed by atoms with van der Waals surface area (Å²) in [5, 5.41) is 4.28. The molecule has 0 aliphatic carbocycles. The summed E-state index contributed by atoms with van der Waals surface area (Å²) in [7, 11) is 3.14. The quantitative estimate of drug-likeness (QED) is 0.576. The largest absolute Gasteiger partial charge is 0.465 e. The highest BCUT2D eigenvalue weighted by Gasteiger charge is 2.18. The molecule has 3 rings (SSSR count). The Kier molecular flexibility index (Phi) is 6.34. The van der Waals surface area contributed by atoms with Crippen molar-refractivity contribution in [3.05, 3.63) is 86.8 Å². The van der Waals surface area contributed by atoms with Crippen LogP contribution in [0.15, 0.2) is 59.5 Å². The van der Waals surface area contributed by atoms with Crippen LogP contribution in [-0.2, 0) is 17.7 Å². The molecule has 1 heterocycles. The number of ether oxygens (including phenoxy) is 1. The number of para-hydroxylation sites is 1. The number of aryl methyl sites for hydroxylation is 1. The summed E-state index contributed by atoms with van der Waals surface area (Å²) < 4.78 is 5.90. The number of hydrogen-bond donors (Lipinski definition) is 0. The number of esters is 1. The van der Waals surface area contributed by atoms with Crippen LogP contribution >= 0.6 is 11.6 Å². The van der Waals surface area contributed by atoms with Crippen molar-refractivity contribution in [3.63, 3.8) is 0 Å². The maximum atomic E-state index is 12.9. The summed E-state index contributed by atoms with van der Waals surface area (Å²) in [4.78, 5) is 26.8. The van der Waals surface area contributed by atoms with Crippen molar-refractivity contribution in [2.45, 2.75) is 19.9 Å². The van der Waals surface area contributed by atoms with Crippen LogP contribution in [0.25, 0.3) is 5.69 Å². The molecule has 150 valence electrons. The minimum Gasteiger partial charge on any atom is -0.465 e. The maximum Gasteiger partial charge on any atom is 0.340 e. The monoisotopic (exact) mass is 411 g/mol. The van der Waals surface area contributed by atoms with E-state index in [1.807, 2.05) is 11.9 Å². The van der Waals surface area contributed by atoms with E-state index in [4.69, 9.17) is 16.3 Å². The van der Waals surface area contributed by atoms with Crippen molar-refractivity contribution >= 4 is 23.3 Å². The van der Waals surface area contributed by atoms with Crippen LogP contribution in [0.4, 0.5) is 5.69 Å². The van der Waals surface area contributed by atoms with Crippen LogP contribution in [0.1, 0.15) is 28.4 Å². The van der Waals surface area contributed by atoms with Crippen LogP contribution in [0, 0.1) is 0 Å². The Morgan fingerprint density at radius 1 is 1.14 bits per heavy atom. The molecule has 2 aromatic carbocycles. The smallest absolute Gasteiger partial charge is 0.340 e. The van der Waals surface area contributed by atoms with E-state index in [2.05, 4.69) is 36.3 Å². The fourth-order valence-electron chi connectivity index (χ4n) is 3.04.